The van der Waals surface area contributed by atoms with E-state index >= 15 is 0 Å². The highest BCUT2D eigenvalue weighted by Gasteiger charge is 2.17. The van der Waals surface area contributed by atoms with E-state index in [2.05, 4.69) is 45.5 Å². The van der Waals surface area contributed by atoms with E-state index in [0.717, 1.165) is 4.47 Å². The number of rotatable bonds is 1. The molecule has 12 heavy (non-hydrogen) atoms. The highest BCUT2D eigenvalue weighted by atomic mass is 79.9. The quantitative estimate of drug-likeness (QED) is 0.806. The van der Waals surface area contributed by atoms with Crippen LogP contribution in [0.2, 0.25) is 0 Å². The van der Waals surface area contributed by atoms with Gasteiger partial charge >= 0.3 is 0 Å². The second kappa shape index (κ2) is 4.26. The summed E-state index contributed by atoms with van der Waals surface area (Å²) in [6.45, 7) is 1.17. The first-order valence-corrected chi connectivity index (χ1v) is 4.64. The van der Waals surface area contributed by atoms with Crippen LogP contribution in [-0.4, -0.2) is 6.54 Å². The lowest BCUT2D eigenvalue weighted by atomic mass is 9.98. The number of hydrogen-bond donors (Lipinski definition) is 1. The average molecular weight is 249 g/mol. The smallest absolute Gasteiger partial charge is 0.0332 e. The van der Waals surface area contributed by atoms with Gasteiger partial charge in [0.25, 0.3) is 0 Å². The van der Waals surface area contributed by atoms with Gasteiger partial charge in [0, 0.05) is 10.5 Å². The van der Waals surface area contributed by atoms with Crippen molar-refractivity contribution in [2.45, 2.75) is 12.5 Å². The number of halogens is 2. The maximum Gasteiger partial charge on any atom is 0.0332 e. The van der Waals surface area contributed by atoms with E-state index in [1.54, 1.807) is 0 Å². The van der Waals surface area contributed by atoms with Gasteiger partial charge in [-0.05, 0) is 30.7 Å². The van der Waals surface area contributed by atoms with Gasteiger partial charge in [0.1, 0.15) is 0 Å². The van der Waals surface area contributed by atoms with Crippen LogP contribution in [0, 0.1) is 0 Å². The SMILES string of the molecule is Brc1ccc(C2CCN2)cc1.Cl. The molecular weight excluding hydrogens is 237 g/mol. The average Bonchev–Trinajstić information content (AvgIpc) is 1.90. The van der Waals surface area contributed by atoms with Crippen LogP contribution >= 0.6 is 28.3 Å². The first kappa shape index (κ1) is 10.0. The Bertz CT molecular complexity index is 243. The van der Waals surface area contributed by atoms with Crippen LogP contribution in [0.15, 0.2) is 28.7 Å². The van der Waals surface area contributed by atoms with E-state index in [-0.39, 0.29) is 12.4 Å². The van der Waals surface area contributed by atoms with Crippen molar-refractivity contribution in [1.29, 1.82) is 0 Å². The van der Waals surface area contributed by atoms with Gasteiger partial charge in [-0.15, -0.1) is 12.4 Å². The second-order valence-electron chi connectivity index (χ2n) is 2.85. The van der Waals surface area contributed by atoms with Crippen LogP contribution in [0.5, 0.6) is 0 Å². The molecule has 0 bridgehead atoms. The summed E-state index contributed by atoms with van der Waals surface area (Å²) < 4.78 is 1.15. The molecule has 1 N–H and O–H groups in total. The summed E-state index contributed by atoms with van der Waals surface area (Å²) in [5.74, 6) is 0. The first-order chi connectivity index (χ1) is 5.36. The summed E-state index contributed by atoms with van der Waals surface area (Å²) in [6, 6.07) is 9.13. The predicted molar refractivity (Wildman–Crippen MR) is 56.8 cm³/mol. The van der Waals surface area contributed by atoms with Crippen LogP contribution in [0.25, 0.3) is 0 Å². The molecule has 1 fully saturated rings. The topological polar surface area (TPSA) is 12.0 Å². The molecule has 1 nitrogen and oxygen atoms in total. The molecule has 1 aromatic carbocycles. The van der Waals surface area contributed by atoms with Crippen molar-refractivity contribution in [2.24, 2.45) is 0 Å². The minimum atomic E-state index is 0. The van der Waals surface area contributed by atoms with E-state index < -0.39 is 0 Å². The largest absolute Gasteiger partial charge is 0.310 e. The van der Waals surface area contributed by atoms with Gasteiger partial charge in [-0.25, -0.2) is 0 Å². The molecule has 1 unspecified atom stereocenters. The molecule has 1 aromatic rings. The molecule has 3 heteroatoms. The molecule has 0 aliphatic carbocycles. The van der Waals surface area contributed by atoms with Crippen molar-refractivity contribution in [3.63, 3.8) is 0 Å². The molecule has 1 aliphatic rings. The fourth-order valence-corrected chi connectivity index (χ4v) is 1.53. The van der Waals surface area contributed by atoms with Gasteiger partial charge in [0.2, 0.25) is 0 Å². The Morgan fingerprint density at radius 1 is 1.25 bits per heavy atom. The molecule has 0 spiro atoms. The third-order valence-electron chi connectivity index (χ3n) is 2.10. The fourth-order valence-electron chi connectivity index (χ4n) is 1.27. The molecular formula is C9H11BrClN. The zero-order valence-corrected chi connectivity index (χ0v) is 8.99. The Morgan fingerprint density at radius 3 is 2.25 bits per heavy atom. The number of hydrogen-bond acceptors (Lipinski definition) is 1. The fraction of sp³-hybridized carbons (Fsp3) is 0.333. The molecule has 1 heterocycles. The summed E-state index contributed by atoms with van der Waals surface area (Å²) in [7, 11) is 0. The summed E-state index contributed by atoms with van der Waals surface area (Å²) in [5.41, 5.74) is 1.40. The Balaban J connectivity index is 0.000000720. The van der Waals surface area contributed by atoms with Gasteiger partial charge in [0.15, 0.2) is 0 Å². The van der Waals surface area contributed by atoms with Crippen molar-refractivity contribution in [1.82, 2.24) is 5.32 Å². The summed E-state index contributed by atoms with van der Waals surface area (Å²) in [4.78, 5) is 0. The Kier molecular flexibility index (Phi) is 3.56. The summed E-state index contributed by atoms with van der Waals surface area (Å²) in [6.07, 6.45) is 1.28. The first-order valence-electron chi connectivity index (χ1n) is 3.85. The van der Waals surface area contributed by atoms with E-state index in [1.807, 2.05) is 0 Å². The Morgan fingerprint density at radius 2 is 1.83 bits per heavy atom. The van der Waals surface area contributed by atoms with E-state index in [4.69, 9.17) is 0 Å². The second-order valence-corrected chi connectivity index (χ2v) is 3.76. The molecule has 0 saturated carbocycles. The van der Waals surface area contributed by atoms with E-state index in [1.165, 1.54) is 18.5 Å². The lowest BCUT2D eigenvalue weighted by Crippen LogP contribution is -2.34. The Hall–Kier alpha value is -0.0500. The molecule has 0 aromatic heterocycles. The van der Waals surface area contributed by atoms with Crippen molar-refractivity contribution < 1.29 is 0 Å². The molecule has 2 rings (SSSR count). The zero-order valence-electron chi connectivity index (χ0n) is 6.59. The minimum Gasteiger partial charge on any atom is -0.310 e. The normalized spacial score (nSPS) is 20.9. The van der Waals surface area contributed by atoms with Crippen LogP contribution < -0.4 is 5.32 Å². The number of nitrogens with one attached hydrogen (secondary N) is 1. The minimum absolute atomic E-state index is 0. The third-order valence-corrected chi connectivity index (χ3v) is 2.62. The van der Waals surface area contributed by atoms with Crippen molar-refractivity contribution in [3.8, 4) is 0 Å². The summed E-state index contributed by atoms with van der Waals surface area (Å²) >= 11 is 3.41. The van der Waals surface area contributed by atoms with Crippen LogP contribution in [0.3, 0.4) is 0 Å². The lowest BCUT2D eigenvalue weighted by Gasteiger charge is -2.27. The lowest BCUT2D eigenvalue weighted by molar-refractivity contribution is 0.383. The molecule has 0 amide bonds. The third kappa shape index (κ3) is 2.00. The van der Waals surface area contributed by atoms with Crippen LogP contribution in [0.4, 0.5) is 0 Å². The summed E-state index contributed by atoms with van der Waals surface area (Å²) in [5, 5.41) is 3.37. The van der Waals surface area contributed by atoms with Crippen molar-refractivity contribution in [2.75, 3.05) is 6.54 Å². The van der Waals surface area contributed by atoms with Crippen LogP contribution in [-0.2, 0) is 0 Å². The standard InChI is InChI=1S/C9H10BrN.ClH/c10-8-3-1-7(2-4-8)9-5-6-11-9;/h1-4,9,11H,5-6H2;1H. The maximum absolute atomic E-state index is 3.41. The van der Waals surface area contributed by atoms with Gasteiger partial charge in [0.05, 0.1) is 0 Å². The van der Waals surface area contributed by atoms with Gasteiger partial charge in [-0.2, -0.15) is 0 Å². The van der Waals surface area contributed by atoms with Crippen LogP contribution in [0.1, 0.15) is 18.0 Å². The molecule has 66 valence electrons. The van der Waals surface area contributed by atoms with Crippen molar-refractivity contribution >= 4 is 28.3 Å². The molecule has 1 saturated heterocycles. The number of benzene rings is 1. The molecule has 1 atom stereocenters. The monoisotopic (exact) mass is 247 g/mol. The van der Waals surface area contributed by atoms with Gasteiger partial charge < -0.3 is 5.32 Å². The molecule has 1 aliphatic heterocycles. The predicted octanol–water partition coefficient (Wildman–Crippen LogP) is 2.91. The highest BCUT2D eigenvalue weighted by Crippen LogP contribution is 2.23. The highest BCUT2D eigenvalue weighted by molar-refractivity contribution is 9.10. The van der Waals surface area contributed by atoms with Gasteiger partial charge in [-0.1, -0.05) is 28.1 Å². The van der Waals surface area contributed by atoms with E-state index in [9.17, 15) is 0 Å². The zero-order chi connectivity index (χ0) is 7.68. The van der Waals surface area contributed by atoms with Crippen molar-refractivity contribution in [3.05, 3.63) is 34.3 Å². The maximum atomic E-state index is 3.41. The molecule has 0 radical (unpaired) electrons. The van der Waals surface area contributed by atoms with E-state index in [0.29, 0.717) is 6.04 Å². The Labute approximate surface area is 87.1 Å². The van der Waals surface area contributed by atoms with Gasteiger partial charge in [-0.3, -0.25) is 0 Å².